The van der Waals surface area contributed by atoms with Crippen LogP contribution in [0.4, 0.5) is 14.7 Å². The van der Waals surface area contributed by atoms with Crippen molar-refractivity contribution in [3.8, 4) is 11.6 Å². The predicted molar refractivity (Wildman–Crippen MR) is 125 cm³/mol. The Labute approximate surface area is 202 Å². The second kappa shape index (κ2) is 9.84. The van der Waals surface area contributed by atoms with Crippen LogP contribution in [-0.4, -0.2) is 53.2 Å². The topological polar surface area (TPSA) is 65.3 Å². The van der Waals surface area contributed by atoms with Crippen LogP contribution in [-0.2, 0) is 14.8 Å². The molecule has 0 spiro atoms. The molecule has 3 aromatic rings. The minimum atomic E-state index is -0.576. The summed E-state index contributed by atoms with van der Waals surface area (Å²) in [5.74, 6) is 1.27. The number of nitrogens with zero attached hydrogens (tertiary/aromatic N) is 5. The SMILES string of the molecule is COc1ccc(-n2c(COCCF)nnc2N2CC[C@@](I)(c3ccc(F)cc3Cl)C2)cn1. The van der Waals surface area contributed by atoms with E-state index in [1.54, 1.807) is 25.4 Å². The highest BCUT2D eigenvalue weighted by atomic mass is 127. The zero-order valence-electron chi connectivity index (χ0n) is 17.3. The Morgan fingerprint density at radius 2 is 2.09 bits per heavy atom. The second-order valence-corrected chi connectivity index (χ2v) is 9.79. The van der Waals surface area contributed by atoms with E-state index < -0.39 is 6.67 Å². The van der Waals surface area contributed by atoms with E-state index in [9.17, 15) is 8.78 Å². The van der Waals surface area contributed by atoms with Crippen molar-refractivity contribution in [3.05, 3.63) is 58.8 Å². The Hall–Kier alpha value is -2.05. The van der Waals surface area contributed by atoms with Gasteiger partial charge in [-0.2, -0.15) is 0 Å². The van der Waals surface area contributed by atoms with Crippen LogP contribution in [0.25, 0.3) is 5.69 Å². The largest absolute Gasteiger partial charge is 0.481 e. The molecule has 2 aromatic heterocycles. The zero-order chi connectivity index (χ0) is 22.7. The molecule has 4 rings (SSSR count). The predicted octanol–water partition coefficient (Wildman–Crippen LogP) is 4.49. The summed E-state index contributed by atoms with van der Waals surface area (Å²) in [4.78, 5) is 6.38. The summed E-state index contributed by atoms with van der Waals surface area (Å²) in [6.07, 6.45) is 2.45. The Balaban J connectivity index is 1.67. The first-order chi connectivity index (χ1) is 15.4. The molecule has 3 heterocycles. The van der Waals surface area contributed by atoms with E-state index in [0.29, 0.717) is 35.8 Å². The summed E-state index contributed by atoms with van der Waals surface area (Å²) < 4.78 is 38.1. The fraction of sp³-hybridized carbons (Fsp3) is 0.381. The summed E-state index contributed by atoms with van der Waals surface area (Å²) in [6, 6.07) is 8.10. The summed E-state index contributed by atoms with van der Waals surface area (Å²) in [5, 5.41) is 9.09. The summed E-state index contributed by atoms with van der Waals surface area (Å²) in [7, 11) is 1.55. The minimum absolute atomic E-state index is 0.0211. The van der Waals surface area contributed by atoms with Gasteiger partial charge in [0.05, 0.1) is 29.0 Å². The fourth-order valence-electron chi connectivity index (χ4n) is 3.73. The van der Waals surface area contributed by atoms with Crippen LogP contribution in [0.1, 0.15) is 17.8 Å². The molecule has 1 fully saturated rings. The number of pyridine rings is 1. The summed E-state index contributed by atoms with van der Waals surface area (Å²) >= 11 is 8.74. The van der Waals surface area contributed by atoms with Crippen LogP contribution in [0.5, 0.6) is 5.88 Å². The number of ether oxygens (including phenoxy) is 2. The molecule has 1 aliphatic heterocycles. The molecular weight excluding hydrogens is 555 g/mol. The third-order valence-electron chi connectivity index (χ3n) is 5.27. The van der Waals surface area contributed by atoms with Crippen molar-refractivity contribution in [2.45, 2.75) is 16.4 Å². The lowest BCUT2D eigenvalue weighted by atomic mass is 9.98. The number of aromatic nitrogens is 4. The smallest absolute Gasteiger partial charge is 0.232 e. The van der Waals surface area contributed by atoms with Gasteiger partial charge >= 0.3 is 0 Å². The number of anilines is 1. The van der Waals surface area contributed by atoms with E-state index in [1.165, 1.54) is 12.1 Å². The monoisotopic (exact) mass is 575 g/mol. The van der Waals surface area contributed by atoms with Crippen LogP contribution < -0.4 is 9.64 Å². The van der Waals surface area contributed by atoms with Crippen LogP contribution in [0.3, 0.4) is 0 Å². The Bertz CT molecular complexity index is 1080. The van der Waals surface area contributed by atoms with Gasteiger partial charge in [-0.1, -0.05) is 40.3 Å². The van der Waals surface area contributed by atoms with Crippen molar-refractivity contribution in [3.63, 3.8) is 0 Å². The molecule has 1 atom stereocenters. The van der Waals surface area contributed by atoms with Gasteiger partial charge in [0, 0.05) is 24.2 Å². The standard InChI is InChI=1S/C21H21ClF2IN5O2/c1-31-19-5-3-15(11-26-19)30-18(12-32-9-7-23)27-28-20(30)29-8-6-21(25,13-29)16-4-2-14(24)10-17(16)22/h2-5,10-11H,6-9,12-13H2,1H3/t21-/m0/s1. The normalized spacial score (nSPS) is 18.3. The summed E-state index contributed by atoms with van der Waals surface area (Å²) in [6.45, 7) is 0.811. The molecule has 7 nitrogen and oxygen atoms in total. The molecule has 32 heavy (non-hydrogen) atoms. The fourth-order valence-corrected chi connectivity index (χ4v) is 5.36. The molecular formula is C21H21ClF2IN5O2. The van der Waals surface area contributed by atoms with Crippen LogP contribution in [0.15, 0.2) is 36.5 Å². The highest BCUT2D eigenvalue weighted by molar-refractivity contribution is 14.1. The molecule has 0 bridgehead atoms. The quantitative estimate of drug-likeness (QED) is 0.224. The van der Waals surface area contributed by atoms with Crippen molar-refractivity contribution in [1.82, 2.24) is 19.7 Å². The molecule has 0 saturated carbocycles. The van der Waals surface area contributed by atoms with Crippen molar-refractivity contribution >= 4 is 40.1 Å². The molecule has 0 N–H and O–H groups in total. The molecule has 0 unspecified atom stereocenters. The first kappa shape index (κ1) is 23.1. The van der Waals surface area contributed by atoms with Crippen molar-refractivity contribution < 1.29 is 18.3 Å². The number of benzene rings is 1. The van der Waals surface area contributed by atoms with E-state index in [2.05, 4.69) is 42.7 Å². The number of methoxy groups -OCH3 is 1. The van der Waals surface area contributed by atoms with Gasteiger partial charge in [-0.3, -0.25) is 4.57 Å². The van der Waals surface area contributed by atoms with Gasteiger partial charge in [0.2, 0.25) is 11.8 Å². The molecule has 1 saturated heterocycles. The maximum absolute atomic E-state index is 13.6. The second-order valence-electron chi connectivity index (χ2n) is 7.31. The molecule has 0 radical (unpaired) electrons. The number of rotatable bonds is 8. The number of hydrogen-bond donors (Lipinski definition) is 0. The first-order valence-corrected chi connectivity index (χ1v) is 11.4. The first-order valence-electron chi connectivity index (χ1n) is 9.93. The van der Waals surface area contributed by atoms with E-state index in [4.69, 9.17) is 21.1 Å². The maximum atomic E-state index is 13.6. The molecule has 1 aliphatic rings. The van der Waals surface area contributed by atoms with Gasteiger partial charge < -0.3 is 14.4 Å². The Morgan fingerprint density at radius 1 is 1.25 bits per heavy atom. The molecule has 11 heteroatoms. The van der Waals surface area contributed by atoms with Gasteiger partial charge in [-0.05, 0) is 30.2 Å². The Kier molecular flexibility index (Phi) is 7.11. The molecule has 170 valence electrons. The van der Waals surface area contributed by atoms with Crippen LogP contribution >= 0.6 is 34.2 Å². The van der Waals surface area contributed by atoms with Crippen molar-refractivity contribution in [1.29, 1.82) is 0 Å². The third-order valence-corrected chi connectivity index (χ3v) is 7.04. The molecule has 0 amide bonds. The van der Waals surface area contributed by atoms with E-state index in [0.717, 1.165) is 17.7 Å². The molecule has 0 aliphatic carbocycles. The van der Waals surface area contributed by atoms with Gasteiger partial charge in [0.15, 0.2) is 5.82 Å². The highest BCUT2D eigenvalue weighted by Gasteiger charge is 2.40. The lowest BCUT2D eigenvalue weighted by Crippen LogP contribution is -2.28. The average molecular weight is 576 g/mol. The maximum Gasteiger partial charge on any atom is 0.232 e. The van der Waals surface area contributed by atoms with Crippen molar-refractivity contribution in [2.75, 3.05) is 38.4 Å². The molecule has 1 aromatic carbocycles. The highest BCUT2D eigenvalue weighted by Crippen LogP contribution is 2.45. The minimum Gasteiger partial charge on any atom is -0.481 e. The zero-order valence-corrected chi connectivity index (χ0v) is 20.2. The van der Waals surface area contributed by atoms with Crippen LogP contribution in [0, 0.1) is 5.82 Å². The van der Waals surface area contributed by atoms with Gasteiger partial charge in [-0.15, -0.1) is 10.2 Å². The van der Waals surface area contributed by atoms with Crippen LogP contribution in [0.2, 0.25) is 5.02 Å². The van der Waals surface area contributed by atoms with E-state index in [-0.39, 0.29) is 22.5 Å². The average Bonchev–Trinajstić information content (AvgIpc) is 3.38. The lowest BCUT2D eigenvalue weighted by Gasteiger charge is -2.25. The number of halogens is 4. The van der Waals surface area contributed by atoms with Gasteiger partial charge in [0.1, 0.15) is 19.1 Å². The number of hydrogen-bond acceptors (Lipinski definition) is 6. The van der Waals surface area contributed by atoms with Gasteiger partial charge in [0.25, 0.3) is 0 Å². The Morgan fingerprint density at radius 3 is 2.78 bits per heavy atom. The summed E-state index contributed by atoms with van der Waals surface area (Å²) in [5.41, 5.74) is 1.61. The van der Waals surface area contributed by atoms with E-state index in [1.807, 2.05) is 10.6 Å². The van der Waals surface area contributed by atoms with E-state index >= 15 is 0 Å². The third kappa shape index (κ3) is 4.67. The number of alkyl halides is 2. The van der Waals surface area contributed by atoms with Crippen molar-refractivity contribution in [2.24, 2.45) is 0 Å². The lowest BCUT2D eigenvalue weighted by molar-refractivity contribution is 0.101. The van der Waals surface area contributed by atoms with Gasteiger partial charge in [-0.25, -0.2) is 13.8 Å².